The van der Waals surface area contributed by atoms with Crippen molar-refractivity contribution >= 4 is 11.0 Å². The first kappa shape index (κ1) is 15.5. The van der Waals surface area contributed by atoms with Gasteiger partial charge in [0.15, 0.2) is 0 Å². The second-order valence-corrected chi connectivity index (χ2v) is 5.62. The maximum absolute atomic E-state index is 9.34. The van der Waals surface area contributed by atoms with E-state index in [0.717, 1.165) is 22.3 Å². The Morgan fingerprint density at radius 3 is 2.96 bits per heavy atom. The number of hydrogen-bond donors (Lipinski definition) is 1. The smallest absolute Gasteiger partial charge is 0.141 e. The fourth-order valence-corrected chi connectivity index (χ4v) is 2.95. The molecule has 0 saturated carbocycles. The van der Waals surface area contributed by atoms with Gasteiger partial charge in [0.05, 0.1) is 36.0 Å². The second-order valence-electron chi connectivity index (χ2n) is 5.62. The minimum Gasteiger partial charge on any atom is -0.346 e. The molecule has 0 bridgehead atoms. The number of aromatic nitrogens is 6. The van der Waals surface area contributed by atoms with Crippen LogP contribution >= 0.6 is 0 Å². The van der Waals surface area contributed by atoms with Crippen LogP contribution in [0.4, 0.5) is 0 Å². The zero-order valence-corrected chi connectivity index (χ0v) is 13.5. The molecule has 0 aliphatic heterocycles. The summed E-state index contributed by atoms with van der Waals surface area (Å²) in [6.45, 7) is 0. The van der Waals surface area contributed by atoms with Crippen molar-refractivity contribution in [3.8, 4) is 23.4 Å². The van der Waals surface area contributed by atoms with Crippen LogP contribution in [0.15, 0.2) is 49.4 Å². The van der Waals surface area contributed by atoms with Gasteiger partial charge in [-0.25, -0.2) is 9.97 Å². The Morgan fingerprint density at radius 2 is 2.12 bits per heavy atom. The van der Waals surface area contributed by atoms with Gasteiger partial charge in [0.1, 0.15) is 18.0 Å². The van der Waals surface area contributed by atoms with Gasteiger partial charge in [0, 0.05) is 35.7 Å². The van der Waals surface area contributed by atoms with Crippen LogP contribution in [0.1, 0.15) is 23.6 Å². The number of H-pyrrole nitrogens is 1. The van der Waals surface area contributed by atoms with E-state index in [1.807, 2.05) is 18.5 Å². The molecule has 8 heteroatoms. The van der Waals surface area contributed by atoms with Crippen molar-refractivity contribution in [3.05, 3.63) is 60.6 Å². The topological polar surface area (TPSA) is 120 Å². The van der Waals surface area contributed by atoms with E-state index in [9.17, 15) is 10.5 Å². The molecule has 0 unspecified atom stereocenters. The van der Waals surface area contributed by atoms with Crippen molar-refractivity contribution in [1.29, 1.82) is 10.5 Å². The Bertz CT molecular complexity index is 1160. The summed E-state index contributed by atoms with van der Waals surface area (Å²) >= 11 is 0. The molecule has 0 amide bonds. The van der Waals surface area contributed by atoms with Gasteiger partial charge in [-0.3, -0.25) is 9.67 Å². The van der Waals surface area contributed by atoms with E-state index in [1.165, 1.54) is 12.5 Å². The van der Waals surface area contributed by atoms with Gasteiger partial charge >= 0.3 is 0 Å². The summed E-state index contributed by atoms with van der Waals surface area (Å²) < 4.78 is 1.69. The van der Waals surface area contributed by atoms with Crippen LogP contribution in [-0.4, -0.2) is 29.7 Å². The first-order valence-corrected chi connectivity index (χ1v) is 7.85. The number of hydrogen-bond acceptors (Lipinski definition) is 6. The van der Waals surface area contributed by atoms with Crippen LogP contribution < -0.4 is 0 Å². The van der Waals surface area contributed by atoms with Gasteiger partial charge < -0.3 is 4.98 Å². The minimum atomic E-state index is -0.380. The third-order valence-corrected chi connectivity index (χ3v) is 4.17. The second kappa shape index (κ2) is 6.46. The predicted molar refractivity (Wildman–Crippen MR) is 92.4 cm³/mol. The quantitative estimate of drug-likeness (QED) is 0.609. The van der Waals surface area contributed by atoms with E-state index >= 15 is 0 Å². The van der Waals surface area contributed by atoms with Gasteiger partial charge in [0.2, 0.25) is 0 Å². The minimum absolute atomic E-state index is 0.184. The first-order valence-electron chi connectivity index (χ1n) is 7.85. The molecule has 0 aromatic carbocycles. The summed E-state index contributed by atoms with van der Waals surface area (Å²) in [5.41, 5.74) is 3.46. The summed E-state index contributed by atoms with van der Waals surface area (Å²) in [7, 11) is 0. The molecule has 4 rings (SSSR count). The highest BCUT2D eigenvalue weighted by molar-refractivity contribution is 5.89. The van der Waals surface area contributed by atoms with Crippen LogP contribution in [0, 0.1) is 22.7 Å². The SMILES string of the molecule is N#CC[C@@H](c1ccncc1C#N)n1cc(-c2ncnc3[nH]ccc23)cn1. The van der Waals surface area contributed by atoms with Crippen molar-refractivity contribution in [2.75, 3.05) is 0 Å². The third kappa shape index (κ3) is 2.56. The van der Waals surface area contributed by atoms with Crippen LogP contribution in [0.3, 0.4) is 0 Å². The number of nitriles is 2. The Hall–Kier alpha value is -4.04. The van der Waals surface area contributed by atoms with E-state index in [2.05, 4.69) is 37.2 Å². The molecule has 0 aliphatic rings. The standard InChI is InChI=1S/C18H12N8/c19-4-1-16(14-2-5-21-8-12(14)7-20)26-10-13(9-25-26)17-15-3-6-22-18(15)24-11-23-17/h2-3,5-6,8-11,16H,1H2,(H,22,23,24)/t16-/m0/s1. The largest absolute Gasteiger partial charge is 0.346 e. The molecule has 0 fully saturated rings. The normalized spacial score (nSPS) is 11.8. The molecule has 4 aromatic rings. The molecule has 0 saturated heterocycles. The van der Waals surface area contributed by atoms with Crippen molar-refractivity contribution in [2.45, 2.75) is 12.5 Å². The molecule has 124 valence electrons. The highest BCUT2D eigenvalue weighted by Crippen LogP contribution is 2.28. The summed E-state index contributed by atoms with van der Waals surface area (Å²) in [5.74, 6) is 0. The average Bonchev–Trinajstić information content (AvgIpc) is 3.35. The maximum atomic E-state index is 9.34. The lowest BCUT2D eigenvalue weighted by molar-refractivity contribution is 0.531. The van der Waals surface area contributed by atoms with Crippen LogP contribution in [0.5, 0.6) is 0 Å². The fourth-order valence-electron chi connectivity index (χ4n) is 2.95. The lowest BCUT2D eigenvalue weighted by Gasteiger charge is -2.15. The van der Waals surface area contributed by atoms with E-state index in [0.29, 0.717) is 11.1 Å². The summed E-state index contributed by atoms with van der Waals surface area (Å²) in [4.78, 5) is 15.6. The maximum Gasteiger partial charge on any atom is 0.141 e. The Kier molecular flexibility index (Phi) is 3.85. The predicted octanol–water partition coefficient (Wildman–Crippen LogP) is 2.59. The van der Waals surface area contributed by atoms with Crippen LogP contribution in [0.25, 0.3) is 22.3 Å². The monoisotopic (exact) mass is 340 g/mol. The Balaban J connectivity index is 1.79. The molecule has 0 radical (unpaired) electrons. The molecule has 4 heterocycles. The molecule has 4 aromatic heterocycles. The molecule has 0 aliphatic carbocycles. The first-order chi connectivity index (χ1) is 12.8. The van der Waals surface area contributed by atoms with Gasteiger partial charge in [-0.05, 0) is 17.7 Å². The Labute approximate surface area is 148 Å². The highest BCUT2D eigenvalue weighted by atomic mass is 15.3. The summed E-state index contributed by atoms with van der Waals surface area (Å²) in [6, 6.07) is 7.57. The lowest BCUT2D eigenvalue weighted by atomic mass is 10.0. The Morgan fingerprint density at radius 1 is 1.19 bits per heavy atom. The number of nitrogens with one attached hydrogen (secondary N) is 1. The molecule has 26 heavy (non-hydrogen) atoms. The van der Waals surface area contributed by atoms with E-state index < -0.39 is 0 Å². The summed E-state index contributed by atoms with van der Waals surface area (Å²) in [6.07, 6.45) is 10.1. The number of rotatable bonds is 4. The molecule has 8 nitrogen and oxygen atoms in total. The lowest BCUT2D eigenvalue weighted by Crippen LogP contribution is -2.12. The van der Waals surface area contributed by atoms with Crippen molar-refractivity contribution < 1.29 is 0 Å². The molecule has 1 N–H and O–H groups in total. The zero-order valence-electron chi connectivity index (χ0n) is 13.5. The number of pyridine rings is 1. The molecular formula is C18H12N8. The summed E-state index contributed by atoms with van der Waals surface area (Å²) in [5, 5.41) is 23.9. The molecule has 1 atom stereocenters. The van der Waals surface area contributed by atoms with E-state index in [-0.39, 0.29) is 12.5 Å². The number of aromatic amines is 1. The molecular weight excluding hydrogens is 328 g/mol. The number of fused-ring (bicyclic) bond motifs is 1. The van der Waals surface area contributed by atoms with E-state index in [1.54, 1.807) is 23.1 Å². The van der Waals surface area contributed by atoms with Gasteiger partial charge in [-0.1, -0.05) is 0 Å². The molecule has 0 spiro atoms. The van der Waals surface area contributed by atoms with Gasteiger partial charge in [-0.2, -0.15) is 15.6 Å². The van der Waals surface area contributed by atoms with Crippen LogP contribution in [-0.2, 0) is 0 Å². The van der Waals surface area contributed by atoms with Gasteiger partial charge in [-0.15, -0.1) is 0 Å². The van der Waals surface area contributed by atoms with Crippen molar-refractivity contribution in [1.82, 2.24) is 29.7 Å². The van der Waals surface area contributed by atoms with E-state index in [4.69, 9.17) is 0 Å². The third-order valence-electron chi connectivity index (χ3n) is 4.17. The van der Waals surface area contributed by atoms with Crippen molar-refractivity contribution in [3.63, 3.8) is 0 Å². The van der Waals surface area contributed by atoms with Crippen LogP contribution in [0.2, 0.25) is 0 Å². The van der Waals surface area contributed by atoms with Gasteiger partial charge in [0.25, 0.3) is 0 Å². The number of nitrogens with zero attached hydrogens (tertiary/aromatic N) is 7. The zero-order chi connectivity index (χ0) is 17.9. The van der Waals surface area contributed by atoms with Crippen molar-refractivity contribution in [2.24, 2.45) is 0 Å². The highest BCUT2D eigenvalue weighted by Gasteiger charge is 2.19. The fraction of sp³-hybridized carbons (Fsp3) is 0.111. The average molecular weight is 340 g/mol.